The maximum absolute atomic E-state index is 12.6. The number of likely N-dealkylation sites (tertiary alicyclic amines) is 1. The number of aromatic nitrogens is 5. The van der Waals surface area contributed by atoms with Crippen LogP contribution >= 0.6 is 0 Å². The molecule has 7 nitrogen and oxygen atoms in total. The van der Waals surface area contributed by atoms with Crippen LogP contribution in [0.5, 0.6) is 0 Å². The van der Waals surface area contributed by atoms with Gasteiger partial charge in [-0.15, -0.1) is 10.2 Å². The summed E-state index contributed by atoms with van der Waals surface area (Å²) in [7, 11) is 2.05. The number of amides is 1. The average molecular weight is 356 g/mol. The first kappa shape index (κ1) is 17.2. The fourth-order valence-corrected chi connectivity index (χ4v) is 4.38. The lowest BCUT2D eigenvalue weighted by Gasteiger charge is -2.33. The number of hydrogen-bond donors (Lipinski definition) is 0. The molecule has 2 fully saturated rings. The van der Waals surface area contributed by atoms with Crippen molar-refractivity contribution in [3.05, 3.63) is 29.9 Å². The summed E-state index contributed by atoms with van der Waals surface area (Å²) in [5.41, 5.74) is 0. The van der Waals surface area contributed by atoms with Crippen LogP contribution < -0.4 is 0 Å². The summed E-state index contributed by atoms with van der Waals surface area (Å²) >= 11 is 0. The van der Waals surface area contributed by atoms with Crippen molar-refractivity contribution in [3.63, 3.8) is 0 Å². The van der Waals surface area contributed by atoms with Crippen molar-refractivity contribution >= 4 is 5.91 Å². The standard InChI is InChI=1S/C19H28N6O/c1-14-20-9-12-25(14)13-17-21-22-18(23(17)2)15-7-10-24(11-8-15)19(26)16-5-3-4-6-16/h9,12,15-16H,3-8,10-11,13H2,1-2H3. The molecule has 0 radical (unpaired) electrons. The third-order valence-electron chi connectivity index (χ3n) is 6.11. The van der Waals surface area contributed by atoms with Crippen LogP contribution in [0.3, 0.4) is 0 Å². The van der Waals surface area contributed by atoms with E-state index in [0.717, 1.165) is 56.2 Å². The van der Waals surface area contributed by atoms with Crippen LogP contribution in [-0.4, -0.2) is 48.2 Å². The molecule has 1 amide bonds. The first-order valence-corrected chi connectivity index (χ1v) is 9.78. The number of nitrogens with zero attached hydrogens (tertiary/aromatic N) is 6. The molecule has 1 saturated heterocycles. The highest BCUT2D eigenvalue weighted by atomic mass is 16.2. The lowest BCUT2D eigenvalue weighted by atomic mass is 9.94. The van der Waals surface area contributed by atoms with E-state index in [0.29, 0.717) is 18.4 Å². The van der Waals surface area contributed by atoms with E-state index in [1.54, 1.807) is 0 Å². The molecule has 0 spiro atoms. The van der Waals surface area contributed by atoms with Gasteiger partial charge < -0.3 is 14.0 Å². The molecule has 1 aliphatic carbocycles. The van der Waals surface area contributed by atoms with E-state index < -0.39 is 0 Å². The normalized spacial score (nSPS) is 19.4. The molecule has 0 unspecified atom stereocenters. The Balaban J connectivity index is 1.38. The summed E-state index contributed by atoms with van der Waals surface area (Å²) in [6.45, 7) is 4.38. The number of aryl methyl sites for hydroxylation is 1. The highest BCUT2D eigenvalue weighted by Gasteiger charge is 2.31. The minimum atomic E-state index is 0.284. The smallest absolute Gasteiger partial charge is 0.225 e. The number of carbonyl (C=O) groups is 1. The molecule has 1 aliphatic heterocycles. The van der Waals surface area contributed by atoms with Crippen molar-refractivity contribution in [2.45, 2.75) is 57.9 Å². The minimum Gasteiger partial charge on any atom is -0.342 e. The van der Waals surface area contributed by atoms with E-state index in [4.69, 9.17) is 0 Å². The van der Waals surface area contributed by atoms with Crippen LogP contribution in [0.2, 0.25) is 0 Å². The van der Waals surface area contributed by atoms with Gasteiger partial charge in [-0.05, 0) is 32.6 Å². The molecule has 0 aromatic carbocycles. The van der Waals surface area contributed by atoms with Crippen molar-refractivity contribution in [2.75, 3.05) is 13.1 Å². The van der Waals surface area contributed by atoms with Crippen LogP contribution in [0.15, 0.2) is 12.4 Å². The van der Waals surface area contributed by atoms with Gasteiger partial charge in [0.25, 0.3) is 0 Å². The van der Waals surface area contributed by atoms with E-state index in [1.165, 1.54) is 12.8 Å². The number of rotatable bonds is 4. The molecule has 7 heteroatoms. The highest BCUT2D eigenvalue weighted by molar-refractivity contribution is 5.79. The Kier molecular flexibility index (Phi) is 4.78. The van der Waals surface area contributed by atoms with Gasteiger partial charge in [0.1, 0.15) is 11.6 Å². The maximum Gasteiger partial charge on any atom is 0.225 e. The monoisotopic (exact) mass is 356 g/mol. The van der Waals surface area contributed by atoms with E-state index in [1.807, 2.05) is 26.4 Å². The van der Waals surface area contributed by atoms with Gasteiger partial charge in [0.15, 0.2) is 5.82 Å². The quantitative estimate of drug-likeness (QED) is 0.843. The van der Waals surface area contributed by atoms with Gasteiger partial charge in [0, 0.05) is 44.4 Å². The third kappa shape index (κ3) is 3.27. The molecule has 26 heavy (non-hydrogen) atoms. The van der Waals surface area contributed by atoms with E-state index >= 15 is 0 Å². The van der Waals surface area contributed by atoms with E-state index in [-0.39, 0.29) is 5.92 Å². The number of carbonyl (C=O) groups excluding carboxylic acids is 1. The van der Waals surface area contributed by atoms with Gasteiger partial charge >= 0.3 is 0 Å². The van der Waals surface area contributed by atoms with Crippen molar-refractivity contribution in [3.8, 4) is 0 Å². The number of imidazole rings is 1. The molecule has 2 aromatic heterocycles. The Morgan fingerprint density at radius 3 is 2.54 bits per heavy atom. The second-order valence-corrected chi connectivity index (χ2v) is 7.72. The number of hydrogen-bond acceptors (Lipinski definition) is 4. The second kappa shape index (κ2) is 7.21. The lowest BCUT2D eigenvalue weighted by Crippen LogP contribution is -2.41. The van der Waals surface area contributed by atoms with Gasteiger partial charge in [0.05, 0.1) is 6.54 Å². The molecular formula is C19H28N6O. The van der Waals surface area contributed by atoms with Gasteiger partial charge in [-0.25, -0.2) is 4.98 Å². The first-order valence-electron chi connectivity index (χ1n) is 9.78. The Morgan fingerprint density at radius 2 is 1.88 bits per heavy atom. The van der Waals surface area contributed by atoms with Gasteiger partial charge in [-0.1, -0.05) is 12.8 Å². The van der Waals surface area contributed by atoms with E-state index in [9.17, 15) is 4.79 Å². The fourth-order valence-electron chi connectivity index (χ4n) is 4.38. The lowest BCUT2D eigenvalue weighted by molar-refractivity contribution is -0.136. The second-order valence-electron chi connectivity index (χ2n) is 7.72. The Labute approximate surface area is 154 Å². The Hall–Kier alpha value is -2.18. The molecule has 0 N–H and O–H groups in total. The van der Waals surface area contributed by atoms with Gasteiger partial charge in [-0.3, -0.25) is 4.79 Å². The van der Waals surface area contributed by atoms with Crippen LogP contribution in [0, 0.1) is 12.8 Å². The molecule has 0 bridgehead atoms. The predicted molar refractivity (Wildman–Crippen MR) is 97.6 cm³/mol. The van der Waals surface area contributed by atoms with Crippen LogP contribution in [0.25, 0.3) is 0 Å². The molecule has 2 aromatic rings. The maximum atomic E-state index is 12.6. The van der Waals surface area contributed by atoms with Crippen LogP contribution in [0.4, 0.5) is 0 Å². The third-order valence-corrected chi connectivity index (χ3v) is 6.11. The van der Waals surface area contributed by atoms with Crippen molar-refractivity contribution in [1.82, 2.24) is 29.2 Å². The molecule has 0 atom stereocenters. The summed E-state index contributed by atoms with van der Waals surface area (Å²) in [6.07, 6.45) is 10.3. The molecule has 4 rings (SSSR count). The first-order chi connectivity index (χ1) is 12.6. The van der Waals surface area contributed by atoms with Crippen molar-refractivity contribution in [2.24, 2.45) is 13.0 Å². The summed E-state index contributed by atoms with van der Waals surface area (Å²) in [5, 5.41) is 8.88. The molecule has 2 aliphatic rings. The molecule has 1 saturated carbocycles. The zero-order valence-corrected chi connectivity index (χ0v) is 15.8. The summed E-state index contributed by atoms with van der Waals surface area (Å²) in [5.74, 6) is 4.03. The molecular weight excluding hydrogens is 328 g/mol. The van der Waals surface area contributed by atoms with Gasteiger partial charge in [0.2, 0.25) is 5.91 Å². The zero-order valence-electron chi connectivity index (χ0n) is 15.8. The fraction of sp³-hybridized carbons (Fsp3) is 0.684. The average Bonchev–Trinajstić information content (AvgIpc) is 3.39. The Bertz CT molecular complexity index is 765. The summed E-state index contributed by atoms with van der Waals surface area (Å²) in [6, 6.07) is 0. The topological polar surface area (TPSA) is 68.8 Å². The zero-order chi connectivity index (χ0) is 18.1. The van der Waals surface area contributed by atoms with Crippen LogP contribution in [0.1, 0.15) is 61.9 Å². The SMILES string of the molecule is Cc1nccn1Cc1nnc(C2CCN(C(=O)C3CCCC3)CC2)n1C. The molecule has 3 heterocycles. The Morgan fingerprint density at radius 1 is 1.15 bits per heavy atom. The van der Waals surface area contributed by atoms with Crippen molar-refractivity contribution in [1.29, 1.82) is 0 Å². The highest BCUT2D eigenvalue weighted by Crippen LogP contribution is 2.31. The molecule has 140 valence electrons. The predicted octanol–water partition coefficient (Wildman–Crippen LogP) is 2.26. The number of piperidine rings is 1. The van der Waals surface area contributed by atoms with Crippen LogP contribution in [-0.2, 0) is 18.4 Å². The van der Waals surface area contributed by atoms with E-state index in [2.05, 4.69) is 29.2 Å². The largest absolute Gasteiger partial charge is 0.342 e. The summed E-state index contributed by atoms with van der Waals surface area (Å²) < 4.78 is 4.20. The van der Waals surface area contributed by atoms with Gasteiger partial charge in [-0.2, -0.15) is 0 Å². The minimum absolute atomic E-state index is 0.284. The summed E-state index contributed by atoms with van der Waals surface area (Å²) in [4.78, 5) is 19.0. The van der Waals surface area contributed by atoms with Crippen molar-refractivity contribution < 1.29 is 4.79 Å².